The van der Waals surface area contributed by atoms with Gasteiger partial charge in [0, 0.05) is 45.4 Å². The summed E-state index contributed by atoms with van der Waals surface area (Å²) in [6, 6.07) is 0. The molecule has 0 aromatic carbocycles. The molecular formula is C53H102N2O7S. The molecule has 0 bridgehead atoms. The minimum Gasteiger partial charge on any atom is -0.462 e. The summed E-state index contributed by atoms with van der Waals surface area (Å²) in [7, 11) is -2.91. The van der Waals surface area contributed by atoms with Crippen LogP contribution in [0.3, 0.4) is 0 Å². The van der Waals surface area contributed by atoms with Gasteiger partial charge in [-0.15, -0.1) is 0 Å². The van der Waals surface area contributed by atoms with Crippen LogP contribution in [0.4, 0.5) is 0 Å². The molecule has 0 N–H and O–H groups in total. The first kappa shape index (κ1) is 59.3. The number of carbonyl (C=O) groups excluding carboxylic acids is 3. The molecule has 2 unspecified atom stereocenters. The van der Waals surface area contributed by atoms with E-state index in [0.29, 0.717) is 32.4 Å². The van der Waals surface area contributed by atoms with Gasteiger partial charge in [0.15, 0.2) is 9.84 Å². The van der Waals surface area contributed by atoms with Crippen LogP contribution in [-0.4, -0.2) is 92.5 Å². The third-order valence-corrected chi connectivity index (χ3v) is 14.8. The SMILES string of the molecule is CCCCCCCCCC(CCCCCCCC)OC(=O)CCCCCCCN(CCCCCCCC(=O)OC(CC)CCCCCCCC)C(=O)CCCN1CCS(=O)(=O)CC1. The van der Waals surface area contributed by atoms with Crippen LogP contribution in [0.25, 0.3) is 0 Å². The fraction of sp³-hybridized carbons (Fsp3) is 0.943. The number of rotatable bonds is 45. The first-order chi connectivity index (χ1) is 30.6. The van der Waals surface area contributed by atoms with Crippen molar-refractivity contribution in [2.45, 2.75) is 277 Å². The Balaban J connectivity index is 2.44. The fourth-order valence-electron chi connectivity index (χ4n) is 8.88. The second-order valence-electron chi connectivity index (χ2n) is 19.2. The van der Waals surface area contributed by atoms with Crippen molar-refractivity contribution < 1.29 is 32.3 Å². The quantitative estimate of drug-likeness (QED) is 0.0439. The Bertz CT molecular complexity index is 1180. The highest BCUT2D eigenvalue weighted by molar-refractivity contribution is 7.91. The first-order valence-corrected chi connectivity index (χ1v) is 29.1. The molecule has 0 spiro atoms. The molecule has 1 saturated heterocycles. The molecule has 1 amide bonds. The molecule has 1 aliphatic rings. The van der Waals surface area contributed by atoms with Crippen molar-refractivity contribution in [2.75, 3.05) is 44.2 Å². The summed E-state index contributed by atoms with van der Waals surface area (Å²) < 4.78 is 35.6. The van der Waals surface area contributed by atoms with Gasteiger partial charge in [0.2, 0.25) is 5.91 Å². The van der Waals surface area contributed by atoms with E-state index in [1.54, 1.807) is 0 Å². The number of esters is 2. The van der Waals surface area contributed by atoms with E-state index in [2.05, 4.69) is 37.5 Å². The normalized spacial score (nSPS) is 15.0. The van der Waals surface area contributed by atoms with Crippen LogP contribution in [0.2, 0.25) is 0 Å². The van der Waals surface area contributed by atoms with Crippen LogP contribution in [0.1, 0.15) is 265 Å². The Morgan fingerprint density at radius 3 is 1.25 bits per heavy atom. The van der Waals surface area contributed by atoms with E-state index in [1.807, 2.05) is 0 Å². The van der Waals surface area contributed by atoms with Crippen molar-refractivity contribution in [2.24, 2.45) is 0 Å². The standard InChI is InChI=1S/C53H102N2O7S/c1-5-9-12-15-18-23-30-38-50(37-29-22-17-14-11-7-3)62-53(58)41-32-25-20-27-34-44-55(51(56)39-35-42-54-45-47-63(59,60)48-46-54)43-33-26-19-24-31-40-52(57)61-49(8-4)36-28-21-16-13-10-6-2/h49-50H,5-48H2,1-4H3. The minimum absolute atomic E-state index is 0.0271. The molecular weight excluding hydrogens is 809 g/mol. The number of hydrogen-bond acceptors (Lipinski definition) is 8. The first-order valence-electron chi connectivity index (χ1n) is 27.2. The lowest BCUT2D eigenvalue weighted by molar-refractivity contribution is -0.150. The predicted molar refractivity (Wildman–Crippen MR) is 265 cm³/mol. The number of sulfone groups is 1. The van der Waals surface area contributed by atoms with E-state index in [-0.39, 0.29) is 41.6 Å². The topological polar surface area (TPSA) is 110 Å². The number of ether oxygens (including phenoxy) is 2. The molecule has 0 aromatic heterocycles. The summed E-state index contributed by atoms with van der Waals surface area (Å²) in [5.74, 6) is 0.543. The second kappa shape index (κ2) is 41.7. The van der Waals surface area contributed by atoms with E-state index in [9.17, 15) is 22.8 Å². The van der Waals surface area contributed by atoms with E-state index in [1.165, 1.54) is 103 Å². The average molecular weight is 911 g/mol. The number of hydrogen-bond donors (Lipinski definition) is 0. The maximum Gasteiger partial charge on any atom is 0.306 e. The number of unbranched alkanes of at least 4 members (excludes halogenated alkanes) is 24. The second-order valence-corrected chi connectivity index (χ2v) is 21.5. The molecule has 1 aliphatic heterocycles. The molecule has 0 radical (unpaired) electrons. The summed E-state index contributed by atoms with van der Waals surface area (Å²) >= 11 is 0. The summed E-state index contributed by atoms with van der Waals surface area (Å²) in [4.78, 5) is 43.1. The van der Waals surface area contributed by atoms with Crippen LogP contribution < -0.4 is 0 Å². The largest absolute Gasteiger partial charge is 0.462 e. The average Bonchev–Trinajstić information content (AvgIpc) is 3.26. The third-order valence-electron chi connectivity index (χ3n) is 13.2. The molecule has 10 heteroatoms. The molecule has 0 aliphatic carbocycles. The van der Waals surface area contributed by atoms with Gasteiger partial charge in [-0.05, 0) is 83.6 Å². The van der Waals surface area contributed by atoms with Crippen LogP contribution in [-0.2, 0) is 33.7 Å². The van der Waals surface area contributed by atoms with Crippen molar-refractivity contribution >= 4 is 27.7 Å². The highest BCUT2D eigenvalue weighted by Crippen LogP contribution is 2.20. The minimum atomic E-state index is -2.91. The molecule has 9 nitrogen and oxygen atoms in total. The van der Waals surface area contributed by atoms with Gasteiger partial charge < -0.3 is 19.3 Å². The zero-order chi connectivity index (χ0) is 46.1. The molecule has 1 rings (SSSR count). The zero-order valence-electron chi connectivity index (χ0n) is 41.9. The summed E-state index contributed by atoms with van der Waals surface area (Å²) in [5, 5.41) is 0. The molecule has 2 atom stereocenters. The van der Waals surface area contributed by atoms with Gasteiger partial charge in [-0.25, -0.2) is 8.42 Å². The lowest BCUT2D eigenvalue weighted by Gasteiger charge is -2.27. The maximum atomic E-state index is 13.5. The zero-order valence-corrected chi connectivity index (χ0v) is 42.7. The highest BCUT2D eigenvalue weighted by Gasteiger charge is 2.22. The van der Waals surface area contributed by atoms with Crippen LogP contribution >= 0.6 is 0 Å². The third kappa shape index (κ3) is 36.2. The van der Waals surface area contributed by atoms with Crippen molar-refractivity contribution in [1.29, 1.82) is 0 Å². The highest BCUT2D eigenvalue weighted by atomic mass is 32.2. The molecule has 0 aromatic rings. The van der Waals surface area contributed by atoms with Crippen LogP contribution in [0.5, 0.6) is 0 Å². The summed E-state index contributed by atoms with van der Waals surface area (Å²) in [5.41, 5.74) is 0. The summed E-state index contributed by atoms with van der Waals surface area (Å²) in [6.45, 7) is 12.3. The number of carbonyl (C=O) groups is 3. The van der Waals surface area contributed by atoms with E-state index in [0.717, 1.165) is 135 Å². The fourth-order valence-corrected chi connectivity index (χ4v) is 10.2. The Kier molecular flexibility index (Phi) is 39.3. The van der Waals surface area contributed by atoms with Crippen molar-refractivity contribution in [1.82, 2.24) is 9.80 Å². The summed E-state index contributed by atoms with van der Waals surface area (Å²) in [6.07, 6.45) is 40.0. The number of amides is 1. The monoisotopic (exact) mass is 911 g/mol. The Hall–Kier alpha value is -1.68. The van der Waals surface area contributed by atoms with Gasteiger partial charge in [0.25, 0.3) is 0 Å². The van der Waals surface area contributed by atoms with Crippen molar-refractivity contribution in [3.63, 3.8) is 0 Å². The lowest BCUT2D eigenvalue weighted by atomic mass is 10.0. The molecule has 63 heavy (non-hydrogen) atoms. The predicted octanol–water partition coefficient (Wildman–Crippen LogP) is 13.9. The molecule has 0 saturated carbocycles. The Labute approximate surface area is 390 Å². The molecule has 1 heterocycles. The van der Waals surface area contributed by atoms with E-state index in [4.69, 9.17) is 9.47 Å². The van der Waals surface area contributed by atoms with E-state index >= 15 is 0 Å². The molecule has 372 valence electrons. The number of nitrogens with zero attached hydrogens (tertiary/aromatic N) is 2. The maximum absolute atomic E-state index is 13.5. The Morgan fingerprint density at radius 1 is 0.460 bits per heavy atom. The van der Waals surface area contributed by atoms with Crippen molar-refractivity contribution in [3.05, 3.63) is 0 Å². The van der Waals surface area contributed by atoms with Crippen molar-refractivity contribution in [3.8, 4) is 0 Å². The van der Waals surface area contributed by atoms with Gasteiger partial charge in [-0.3, -0.25) is 14.4 Å². The van der Waals surface area contributed by atoms with Gasteiger partial charge in [-0.2, -0.15) is 0 Å². The Morgan fingerprint density at radius 2 is 0.825 bits per heavy atom. The molecule has 1 fully saturated rings. The van der Waals surface area contributed by atoms with Crippen LogP contribution in [0, 0.1) is 0 Å². The van der Waals surface area contributed by atoms with Crippen LogP contribution in [0.15, 0.2) is 0 Å². The van der Waals surface area contributed by atoms with Gasteiger partial charge in [0.1, 0.15) is 12.2 Å². The van der Waals surface area contributed by atoms with Gasteiger partial charge in [-0.1, -0.05) is 169 Å². The van der Waals surface area contributed by atoms with Gasteiger partial charge in [0.05, 0.1) is 11.5 Å². The smallest absolute Gasteiger partial charge is 0.306 e. The lowest BCUT2D eigenvalue weighted by Crippen LogP contribution is -2.41. The van der Waals surface area contributed by atoms with Gasteiger partial charge >= 0.3 is 11.9 Å². The van der Waals surface area contributed by atoms with E-state index < -0.39 is 9.84 Å².